The van der Waals surface area contributed by atoms with Crippen LogP contribution in [0.1, 0.15) is 42.4 Å². The average Bonchev–Trinajstić information content (AvgIpc) is 3.10. The van der Waals surface area contributed by atoms with E-state index in [9.17, 15) is 15.0 Å². The lowest BCUT2D eigenvalue weighted by atomic mass is 9.86. The predicted octanol–water partition coefficient (Wildman–Crippen LogP) is 3.28. The fourth-order valence-electron chi connectivity index (χ4n) is 4.55. The van der Waals surface area contributed by atoms with Crippen molar-refractivity contribution >= 4 is 17.4 Å². The molecule has 27 heavy (non-hydrogen) atoms. The Morgan fingerprint density at radius 1 is 1.19 bits per heavy atom. The maximum Gasteiger partial charge on any atom is 0.410 e. The number of phenols is 2. The van der Waals surface area contributed by atoms with Crippen LogP contribution < -0.4 is 15.8 Å². The monoisotopic (exact) mass is 388 g/mol. The van der Waals surface area contributed by atoms with Crippen molar-refractivity contribution in [2.24, 2.45) is 11.7 Å². The number of nitrogens with one attached hydrogen (secondary N) is 1. The van der Waals surface area contributed by atoms with Crippen LogP contribution in [0.2, 0.25) is 0 Å². The average molecular weight is 388 g/mol. The molecule has 0 saturated carbocycles. The summed E-state index contributed by atoms with van der Waals surface area (Å²) in [6, 6.07) is 5.78. The number of thiophene rings is 1. The van der Waals surface area contributed by atoms with Gasteiger partial charge in [-0.1, -0.05) is 0 Å². The number of benzene rings is 1. The van der Waals surface area contributed by atoms with Gasteiger partial charge in [-0.05, 0) is 73.1 Å². The predicted molar refractivity (Wildman–Crippen MR) is 103 cm³/mol. The quantitative estimate of drug-likeness (QED) is 0.629. The van der Waals surface area contributed by atoms with Gasteiger partial charge < -0.3 is 26.0 Å². The van der Waals surface area contributed by atoms with E-state index in [2.05, 4.69) is 5.32 Å². The Morgan fingerprint density at radius 3 is 2.48 bits per heavy atom. The smallest absolute Gasteiger partial charge is 0.410 e. The van der Waals surface area contributed by atoms with Gasteiger partial charge >= 0.3 is 6.09 Å². The van der Waals surface area contributed by atoms with Crippen LogP contribution in [-0.4, -0.2) is 28.4 Å². The number of amides is 1. The summed E-state index contributed by atoms with van der Waals surface area (Å²) in [5.41, 5.74) is 8.13. The van der Waals surface area contributed by atoms with E-state index in [1.807, 2.05) is 5.38 Å². The lowest BCUT2D eigenvalue weighted by Crippen LogP contribution is -2.38. The van der Waals surface area contributed by atoms with Gasteiger partial charge in [-0.15, -0.1) is 11.3 Å². The number of carbonyl (C=O) groups excluding carboxylic acids is 1. The van der Waals surface area contributed by atoms with Crippen LogP contribution in [-0.2, 0) is 12.8 Å². The van der Waals surface area contributed by atoms with Crippen molar-refractivity contribution in [2.45, 2.75) is 50.6 Å². The minimum absolute atomic E-state index is 0.0327. The van der Waals surface area contributed by atoms with Crippen LogP contribution in [0.15, 0.2) is 23.6 Å². The summed E-state index contributed by atoms with van der Waals surface area (Å²) in [5, 5.41) is 25.7. The van der Waals surface area contributed by atoms with Crippen molar-refractivity contribution in [1.82, 2.24) is 5.32 Å². The molecule has 0 radical (unpaired) electrons. The largest absolute Gasteiger partial charge is 0.508 e. The lowest BCUT2D eigenvalue weighted by Gasteiger charge is -2.29. The number of hydrogen-bond acceptors (Lipinski definition) is 6. The summed E-state index contributed by atoms with van der Waals surface area (Å²) in [4.78, 5) is 11.3. The molecule has 7 heteroatoms. The second kappa shape index (κ2) is 7.40. The number of ether oxygens (including phenoxy) is 1. The molecule has 2 atom stereocenters. The highest BCUT2D eigenvalue weighted by Crippen LogP contribution is 2.39. The maximum atomic E-state index is 11.3. The number of carbonyl (C=O) groups is 1. The molecule has 2 aliphatic rings. The number of hydrogen-bond donors (Lipinski definition) is 4. The Hall–Kier alpha value is -2.25. The van der Waals surface area contributed by atoms with Gasteiger partial charge in [0.2, 0.25) is 0 Å². The first-order valence-electron chi connectivity index (χ1n) is 9.30. The second-order valence-electron chi connectivity index (χ2n) is 7.66. The molecule has 1 aromatic heterocycles. The fourth-order valence-corrected chi connectivity index (χ4v) is 5.51. The molecule has 2 fully saturated rings. The van der Waals surface area contributed by atoms with Crippen LogP contribution >= 0.6 is 11.3 Å². The summed E-state index contributed by atoms with van der Waals surface area (Å²) in [7, 11) is 0. The van der Waals surface area contributed by atoms with Crippen molar-refractivity contribution in [3.63, 3.8) is 0 Å². The molecular formula is C20H24N2O4S. The molecule has 1 amide bonds. The minimum atomic E-state index is -0.801. The molecule has 0 spiro atoms. The molecule has 2 aliphatic heterocycles. The Labute approximate surface area is 162 Å². The molecule has 2 unspecified atom stereocenters. The fraction of sp³-hybridized carbons (Fsp3) is 0.450. The molecule has 3 heterocycles. The van der Waals surface area contributed by atoms with E-state index in [4.69, 9.17) is 10.5 Å². The third-order valence-electron chi connectivity index (χ3n) is 5.56. The third kappa shape index (κ3) is 4.20. The highest BCUT2D eigenvalue weighted by Gasteiger charge is 2.34. The standard InChI is InChI=1S/C20H24N2O4S/c21-20(25)26-19-18(8-12-4-14-1-2-15(5-12)22-14)13(10-27-19)3-11-6-16(23)9-17(24)7-11/h6-7,9-10,12,14-15,22-24H,1-5,8H2,(H2,21,25). The number of fused-ring (bicyclic) bond motifs is 2. The van der Waals surface area contributed by atoms with Gasteiger partial charge in [0.25, 0.3) is 0 Å². The first-order valence-corrected chi connectivity index (χ1v) is 10.2. The van der Waals surface area contributed by atoms with E-state index in [1.165, 1.54) is 30.2 Å². The van der Waals surface area contributed by atoms with Crippen molar-refractivity contribution in [1.29, 1.82) is 0 Å². The molecule has 2 aromatic rings. The van der Waals surface area contributed by atoms with Crippen LogP contribution in [0.5, 0.6) is 16.6 Å². The first kappa shape index (κ1) is 18.1. The SMILES string of the molecule is NC(=O)Oc1scc(Cc2cc(O)cc(O)c2)c1CC1CC2CCC(C1)N2. The summed E-state index contributed by atoms with van der Waals surface area (Å²) < 4.78 is 5.27. The first-order chi connectivity index (χ1) is 13.0. The second-order valence-corrected chi connectivity index (χ2v) is 8.50. The van der Waals surface area contributed by atoms with Gasteiger partial charge in [-0.2, -0.15) is 0 Å². The molecule has 144 valence electrons. The van der Waals surface area contributed by atoms with E-state index >= 15 is 0 Å². The van der Waals surface area contributed by atoms with E-state index in [0.29, 0.717) is 29.5 Å². The number of nitrogens with two attached hydrogens (primary N) is 1. The summed E-state index contributed by atoms with van der Waals surface area (Å²) in [6.07, 6.45) is 5.35. The molecule has 0 aliphatic carbocycles. The van der Waals surface area contributed by atoms with Gasteiger partial charge in [0, 0.05) is 23.7 Å². The van der Waals surface area contributed by atoms with E-state index in [1.54, 1.807) is 12.1 Å². The van der Waals surface area contributed by atoms with E-state index in [0.717, 1.165) is 36.0 Å². The molecule has 4 rings (SSSR count). The molecular weight excluding hydrogens is 364 g/mol. The van der Waals surface area contributed by atoms with Gasteiger partial charge in [0.15, 0.2) is 5.06 Å². The minimum Gasteiger partial charge on any atom is -0.508 e. The van der Waals surface area contributed by atoms with Crippen molar-refractivity contribution in [3.8, 4) is 16.6 Å². The van der Waals surface area contributed by atoms with Gasteiger partial charge in [-0.25, -0.2) is 4.79 Å². The summed E-state index contributed by atoms with van der Waals surface area (Å²) >= 11 is 1.37. The lowest BCUT2D eigenvalue weighted by molar-refractivity contribution is 0.211. The Kier molecular flexibility index (Phi) is 4.97. The van der Waals surface area contributed by atoms with Crippen molar-refractivity contribution in [2.75, 3.05) is 0 Å². The van der Waals surface area contributed by atoms with Gasteiger partial charge in [0.1, 0.15) is 11.5 Å². The maximum absolute atomic E-state index is 11.3. The van der Waals surface area contributed by atoms with Crippen molar-refractivity contribution in [3.05, 3.63) is 40.3 Å². The highest BCUT2D eigenvalue weighted by atomic mass is 32.1. The summed E-state index contributed by atoms with van der Waals surface area (Å²) in [5.74, 6) is 0.612. The van der Waals surface area contributed by atoms with Crippen molar-refractivity contribution < 1.29 is 19.7 Å². The number of rotatable bonds is 5. The number of phenolic OH excluding ortho intramolecular Hbond substituents is 2. The molecule has 2 saturated heterocycles. The number of aromatic hydroxyl groups is 2. The molecule has 2 bridgehead atoms. The zero-order valence-electron chi connectivity index (χ0n) is 15.0. The Balaban J connectivity index is 1.59. The molecule has 6 nitrogen and oxygen atoms in total. The van der Waals surface area contributed by atoms with Crippen LogP contribution in [0.4, 0.5) is 4.79 Å². The van der Waals surface area contributed by atoms with E-state index in [-0.39, 0.29) is 11.5 Å². The summed E-state index contributed by atoms with van der Waals surface area (Å²) in [6.45, 7) is 0. The van der Waals surface area contributed by atoms with Crippen LogP contribution in [0, 0.1) is 5.92 Å². The third-order valence-corrected chi connectivity index (χ3v) is 6.50. The molecule has 5 N–H and O–H groups in total. The zero-order chi connectivity index (χ0) is 19.0. The normalized spacial score (nSPS) is 24.1. The van der Waals surface area contributed by atoms with Crippen LogP contribution in [0.3, 0.4) is 0 Å². The Bertz CT molecular complexity index is 818. The van der Waals surface area contributed by atoms with E-state index < -0.39 is 6.09 Å². The van der Waals surface area contributed by atoms with Gasteiger partial charge in [0.05, 0.1) is 0 Å². The molecule has 1 aromatic carbocycles. The topological polar surface area (TPSA) is 105 Å². The van der Waals surface area contributed by atoms with Gasteiger partial charge in [-0.3, -0.25) is 0 Å². The zero-order valence-corrected chi connectivity index (χ0v) is 15.8. The Morgan fingerprint density at radius 2 is 1.85 bits per heavy atom. The highest BCUT2D eigenvalue weighted by molar-refractivity contribution is 7.12. The van der Waals surface area contributed by atoms with Crippen LogP contribution in [0.25, 0.3) is 0 Å². The number of primary amides is 1. The number of piperidine rings is 1.